The highest BCUT2D eigenvalue weighted by Crippen LogP contribution is 2.43. The van der Waals surface area contributed by atoms with E-state index in [0.717, 1.165) is 11.1 Å². The second-order valence-electron chi connectivity index (χ2n) is 12.7. The minimum Gasteiger partial charge on any atom is -0.457 e. The van der Waals surface area contributed by atoms with Crippen LogP contribution in [0.5, 0.6) is 5.75 Å². The third kappa shape index (κ3) is 5.69. The molecule has 0 aliphatic carbocycles. The smallest absolute Gasteiger partial charge is 0.457 e. The first-order chi connectivity index (χ1) is 22.3. The SMILES string of the molecule is CC[C@@]1(OC(=O)OC(C)C)C(=O)OCc2c1cc1n(c2=O)Cc2c-1nc1cc(F)c(OC(=O)N3CCN(C)CC3)cc1c2CN(C)C. The third-order valence-corrected chi connectivity index (χ3v) is 8.85. The molecule has 47 heavy (non-hydrogen) atoms. The monoisotopic (exact) mass is 651 g/mol. The lowest BCUT2D eigenvalue weighted by Crippen LogP contribution is -2.48. The summed E-state index contributed by atoms with van der Waals surface area (Å²) >= 11 is 0. The van der Waals surface area contributed by atoms with Crippen molar-refractivity contribution in [3.8, 4) is 17.1 Å². The number of rotatable bonds is 6. The lowest BCUT2D eigenvalue weighted by atomic mass is 9.85. The van der Waals surface area contributed by atoms with Gasteiger partial charge < -0.3 is 38.2 Å². The zero-order valence-electron chi connectivity index (χ0n) is 27.3. The van der Waals surface area contributed by atoms with E-state index in [1.165, 1.54) is 16.7 Å². The normalized spacial score (nSPS) is 19.0. The van der Waals surface area contributed by atoms with Crippen molar-refractivity contribution in [3.05, 3.63) is 56.6 Å². The Morgan fingerprint density at radius 3 is 2.49 bits per heavy atom. The largest absolute Gasteiger partial charge is 0.510 e. The Labute approximate surface area is 270 Å². The van der Waals surface area contributed by atoms with Gasteiger partial charge in [0.15, 0.2) is 11.6 Å². The third-order valence-electron chi connectivity index (χ3n) is 8.85. The van der Waals surface area contributed by atoms with Gasteiger partial charge in [0.1, 0.15) is 6.61 Å². The van der Waals surface area contributed by atoms with Gasteiger partial charge in [0.2, 0.25) is 5.60 Å². The number of benzene rings is 1. The van der Waals surface area contributed by atoms with Crippen LogP contribution in [0.4, 0.5) is 14.0 Å². The van der Waals surface area contributed by atoms with Crippen LogP contribution in [0.25, 0.3) is 22.3 Å². The van der Waals surface area contributed by atoms with Crippen LogP contribution < -0.4 is 10.3 Å². The molecule has 3 aliphatic heterocycles. The number of hydrogen-bond acceptors (Lipinski definition) is 11. The van der Waals surface area contributed by atoms with Gasteiger partial charge in [-0.25, -0.2) is 23.8 Å². The molecule has 250 valence electrons. The van der Waals surface area contributed by atoms with Crippen LogP contribution in [0, 0.1) is 5.82 Å². The fraction of sp³-hybridized carbons (Fsp3) is 0.485. The van der Waals surface area contributed by atoms with E-state index < -0.39 is 41.3 Å². The topological polar surface area (TPSA) is 133 Å². The number of aromatic nitrogens is 2. The number of piperazine rings is 1. The average Bonchev–Trinajstić information content (AvgIpc) is 3.37. The summed E-state index contributed by atoms with van der Waals surface area (Å²) in [6, 6.07) is 4.35. The maximum Gasteiger partial charge on any atom is 0.510 e. The van der Waals surface area contributed by atoms with Crippen LogP contribution in [0.15, 0.2) is 23.0 Å². The van der Waals surface area contributed by atoms with E-state index in [9.17, 15) is 19.2 Å². The van der Waals surface area contributed by atoms with Gasteiger partial charge in [0.05, 0.1) is 35.1 Å². The number of cyclic esters (lactones) is 1. The number of hydrogen-bond donors (Lipinski definition) is 0. The van der Waals surface area contributed by atoms with E-state index in [1.54, 1.807) is 31.7 Å². The lowest BCUT2D eigenvalue weighted by Gasteiger charge is -2.35. The molecular weight excluding hydrogens is 613 g/mol. The molecule has 0 radical (unpaired) electrons. The Kier molecular flexibility index (Phi) is 8.43. The molecule has 0 bridgehead atoms. The van der Waals surface area contributed by atoms with E-state index in [1.807, 2.05) is 26.0 Å². The van der Waals surface area contributed by atoms with Gasteiger partial charge in [-0.1, -0.05) is 6.92 Å². The number of halogens is 1. The fourth-order valence-corrected chi connectivity index (χ4v) is 6.40. The Morgan fingerprint density at radius 1 is 1.11 bits per heavy atom. The zero-order chi connectivity index (χ0) is 33.8. The quantitative estimate of drug-likeness (QED) is 0.283. The molecule has 0 N–H and O–H groups in total. The van der Waals surface area contributed by atoms with E-state index in [2.05, 4.69) is 4.90 Å². The summed E-state index contributed by atoms with van der Waals surface area (Å²) in [5.74, 6) is -1.77. The lowest BCUT2D eigenvalue weighted by molar-refractivity contribution is -0.176. The highest BCUT2D eigenvalue weighted by molar-refractivity contribution is 5.91. The number of nitrogens with zero attached hydrogens (tertiary/aromatic N) is 5. The number of carbonyl (C=O) groups is 3. The molecule has 14 heteroatoms. The first-order valence-electron chi connectivity index (χ1n) is 15.6. The summed E-state index contributed by atoms with van der Waals surface area (Å²) in [5.41, 5.74) is 0.687. The first kappa shape index (κ1) is 32.4. The van der Waals surface area contributed by atoms with Crippen molar-refractivity contribution in [2.45, 2.75) is 58.6 Å². The standard InChI is InChI=1S/C33H38FN5O8/c1-7-33(47-32(43)45-18(2)3)23-13-26-28-21(16-39(26)29(40)22(23)17-44-30(33)41)20(15-36(4)5)19-12-27(24(34)14-25(19)35-28)46-31(42)38-10-8-37(6)9-11-38/h12-14,18H,7-11,15-17H2,1-6H3/t33-/m0/s1. The maximum absolute atomic E-state index is 15.5. The van der Waals surface area contributed by atoms with Crippen molar-refractivity contribution >= 4 is 29.1 Å². The van der Waals surface area contributed by atoms with Crippen LogP contribution in [-0.2, 0) is 44.3 Å². The van der Waals surface area contributed by atoms with Crippen LogP contribution in [0.1, 0.15) is 49.4 Å². The molecule has 1 fully saturated rings. The van der Waals surface area contributed by atoms with Crippen LogP contribution in [-0.4, -0.2) is 95.9 Å². The van der Waals surface area contributed by atoms with Crippen molar-refractivity contribution in [3.63, 3.8) is 0 Å². The second kappa shape index (κ2) is 12.2. The van der Waals surface area contributed by atoms with Crippen molar-refractivity contribution in [2.24, 2.45) is 0 Å². The summed E-state index contributed by atoms with van der Waals surface area (Å²) in [5, 5.41) is 0.576. The van der Waals surface area contributed by atoms with Crippen molar-refractivity contribution in [2.75, 3.05) is 47.3 Å². The maximum atomic E-state index is 15.5. The number of likely N-dealkylation sites (N-methyl/N-ethyl adjacent to an activating group) is 1. The molecule has 1 atom stereocenters. The molecule has 0 saturated carbocycles. The van der Waals surface area contributed by atoms with Crippen molar-refractivity contribution < 1.29 is 37.7 Å². The second-order valence-corrected chi connectivity index (χ2v) is 12.7. The minimum atomic E-state index is -1.91. The first-order valence-corrected chi connectivity index (χ1v) is 15.6. The van der Waals surface area contributed by atoms with Crippen molar-refractivity contribution in [1.29, 1.82) is 0 Å². The van der Waals surface area contributed by atoms with Crippen LogP contribution in [0.2, 0.25) is 0 Å². The average molecular weight is 652 g/mol. The fourth-order valence-electron chi connectivity index (χ4n) is 6.40. The van der Waals surface area contributed by atoms with Gasteiger partial charge in [0, 0.05) is 55.3 Å². The van der Waals surface area contributed by atoms with Crippen LogP contribution in [0.3, 0.4) is 0 Å². The Balaban J connectivity index is 1.47. The molecule has 0 unspecified atom stereocenters. The molecule has 3 aliphatic rings. The Morgan fingerprint density at radius 2 is 1.83 bits per heavy atom. The predicted octanol–water partition coefficient (Wildman–Crippen LogP) is 3.60. The van der Waals surface area contributed by atoms with Gasteiger partial charge in [-0.2, -0.15) is 0 Å². The van der Waals surface area contributed by atoms with E-state index in [0.29, 0.717) is 55.0 Å². The highest BCUT2D eigenvalue weighted by atomic mass is 19.1. The van der Waals surface area contributed by atoms with E-state index in [-0.39, 0.29) is 36.4 Å². The number of esters is 1. The van der Waals surface area contributed by atoms with Gasteiger partial charge in [-0.3, -0.25) is 4.79 Å². The Bertz CT molecular complexity index is 1850. The summed E-state index contributed by atoms with van der Waals surface area (Å²) in [7, 11) is 5.74. The van der Waals surface area contributed by atoms with E-state index in [4.69, 9.17) is 23.9 Å². The molecule has 1 saturated heterocycles. The number of pyridine rings is 2. The summed E-state index contributed by atoms with van der Waals surface area (Å²) < 4.78 is 38.8. The van der Waals surface area contributed by atoms with Gasteiger partial charge >= 0.3 is 18.2 Å². The number of fused-ring (bicyclic) bond motifs is 5. The molecule has 13 nitrogen and oxygen atoms in total. The Hall–Kier alpha value is -4.56. The minimum absolute atomic E-state index is 0.0142. The molecule has 3 aromatic rings. The number of amides is 1. The number of ether oxygens (including phenoxy) is 4. The molecule has 1 amide bonds. The van der Waals surface area contributed by atoms with Crippen LogP contribution >= 0.6 is 0 Å². The molecule has 0 spiro atoms. The number of carbonyl (C=O) groups excluding carboxylic acids is 3. The highest BCUT2D eigenvalue weighted by Gasteiger charge is 2.51. The van der Waals surface area contributed by atoms with Crippen molar-refractivity contribution in [1.82, 2.24) is 24.3 Å². The molecule has 6 rings (SSSR count). The molecule has 5 heterocycles. The molecule has 1 aromatic carbocycles. The van der Waals surface area contributed by atoms with Gasteiger partial charge in [-0.15, -0.1) is 0 Å². The summed E-state index contributed by atoms with van der Waals surface area (Å²) in [6.07, 6.45) is -2.21. The molecular formula is C33H38FN5O8. The van der Waals surface area contributed by atoms with Gasteiger partial charge in [-0.05, 0) is 59.1 Å². The summed E-state index contributed by atoms with van der Waals surface area (Å²) in [4.78, 5) is 63.2. The summed E-state index contributed by atoms with van der Waals surface area (Å²) in [6.45, 7) is 7.54. The zero-order valence-corrected chi connectivity index (χ0v) is 27.3. The predicted molar refractivity (Wildman–Crippen MR) is 167 cm³/mol. The van der Waals surface area contributed by atoms with E-state index >= 15 is 4.39 Å². The van der Waals surface area contributed by atoms with Gasteiger partial charge in [0.25, 0.3) is 5.56 Å². The molecule has 2 aromatic heterocycles.